The van der Waals surface area contributed by atoms with Crippen molar-refractivity contribution in [2.45, 2.75) is 31.7 Å². The SMILES string of the molecule is CN(CC1CCN(CCc2ccc(Cl)cc2)CC1)C(=O)CC1NC(=O)c2ccccc21. The molecule has 4 rings (SSSR count). The van der Waals surface area contributed by atoms with Gasteiger partial charge in [0.15, 0.2) is 0 Å². The molecule has 2 aliphatic heterocycles. The highest BCUT2D eigenvalue weighted by Gasteiger charge is 2.31. The van der Waals surface area contributed by atoms with E-state index in [-0.39, 0.29) is 17.9 Å². The van der Waals surface area contributed by atoms with Crippen LogP contribution in [0.2, 0.25) is 5.02 Å². The maximum Gasteiger partial charge on any atom is 0.252 e. The number of fused-ring (bicyclic) bond motifs is 1. The van der Waals surface area contributed by atoms with Crippen LogP contribution in [0.5, 0.6) is 0 Å². The Balaban J connectivity index is 1.20. The van der Waals surface area contributed by atoms with Gasteiger partial charge in [0.25, 0.3) is 5.91 Å². The van der Waals surface area contributed by atoms with Crippen molar-refractivity contribution in [1.29, 1.82) is 0 Å². The Morgan fingerprint density at radius 3 is 2.58 bits per heavy atom. The fourth-order valence-electron chi connectivity index (χ4n) is 4.63. The molecule has 2 heterocycles. The standard InChI is InChI=1S/C25H30ClN3O2/c1-28(24(30)16-23-21-4-2-3-5-22(21)25(31)27-23)17-19-11-14-29(15-12-19)13-10-18-6-8-20(26)9-7-18/h2-9,19,23H,10-17H2,1H3,(H,27,31). The molecule has 2 amide bonds. The highest BCUT2D eigenvalue weighted by Crippen LogP contribution is 2.28. The van der Waals surface area contributed by atoms with Crippen LogP contribution in [0.3, 0.4) is 0 Å². The van der Waals surface area contributed by atoms with Crippen LogP contribution in [0, 0.1) is 5.92 Å². The first-order valence-corrected chi connectivity index (χ1v) is 11.5. The van der Waals surface area contributed by atoms with Crippen molar-refractivity contribution < 1.29 is 9.59 Å². The highest BCUT2D eigenvalue weighted by atomic mass is 35.5. The van der Waals surface area contributed by atoms with Crippen molar-refractivity contribution in [2.75, 3.05) is 33.2 Å². The Morgan fingerprint density at radius 1 is 1.13 bits per heavy atom. The number of carbonyl (C=O) groups excluding carboxylic acids is 2. The smallest absolute Gasteiger partial charge is 0.252 e. The lowest BCUT2D eigenvalue weighted by molar-refractivity contribution is -0.131. The molecular weight excluding hydrogens is 410 g/mol. The molecule has 2 aliphatic rings. The van der Waals surface area contributed by atoms with E-state index in [9.17, 15) is 9.59 Å². The van der Waals surface area contributed by atoms with Gasteiger partial charge in [-0.1, -0.05) is 41.9 Å². The Labute approximate surface area is 189 Å². The van der Waals surface area contributed by atoms with Gasteiger partial charge in [0.1, 0.15) is 0 Å². The van der Waals surface area contributed by atoms with Crippen LogP contribution in [0.1, 0.15) is 46.8 Å². The largest absolute Gasteiger partial charge is 0.345 e. The van der Waals surface area contributed by atoms with Gasteiger partial charge in [-0.3, -0.25) is 9.59 Å². The maximum atomic E-state index is 12.8. The van der Waals surface area contributed by atoms with Crippen molar-refractivity contribution >= 4 is 23.4 Å². The first kappa shape index (κ1) is 21.8. The van der Waals surface area contributed by atoms with E-state index in [0.717, 1.165) is 56.0 Å². The van der Waals surface area contributed by atoms with Crippen LogP contribution in [-0.2, 0) is 11.2 Å². The number of amides is 2. The third-order valence-electron chi connectivity index (χ3n) is 6.56. The number of hydrogen-bond acceptors (Lipinski definition) is 3. The van der Waals surface area contributed by atoms with Gasteiger partial charge in [-0.05, 0) is 67.6 Å². The van der Waals surface area contributed by atoms with E-state index in [1.807, 2.05) is 48.3 Å². The minimum absolute atomic E-state index is 0.0815. The number of piperidine rings is 1. The molecule has 0 aliphatic carbocycles. The van der Waals surface area contributed by atoms with Crippen molar-refractivity contribution in [3.8, 4) is 0 Å². The lowest BCUT2D eigenvalue weighted by Gasteiger charge is -2.34. The second-order valence-corrected chi connectivity index (χ2v) is 9.19. The fourth-order valence-corrected chi connectivity index (χ4v) is 4.76. The van der Waals surface area contributed by atoms with E-state index in [1.165, 1.54) is 5.56 Å². The van der Waals surface area contributed by atoms with E-state index in [0.29, 0.717) is 17.9 Å². The summed E-state index contributed by atoms with van der Waals surface area (Å²) in [5.74, 6) is 0.542. The van der Waals surface area contributed by atoms with E-state index < -0.39 is 0 Å². The van der Waals surface area contributed by atoms with Crippen molar-refractivity contribution in [3.63, 3.8) is 0 Å². The minimum atomic E-state index is -0.214. The van der Waals surface area contributed by atoms with Gasteiger partial charge in [-0.25, -0.2) is 0 Å². The van der Waals surface area contributed by atoms with E-state index in [2.05, 4.69) is 22.3 Å². The zero-order chi connectivity index (χ0) is 21.8. The number of carbonyl (C=O) groups is 2. The number of rotatable bonds is 7. The molecule has 2 aromatic rings. The maximum absolute atomic E-state index is 12.8. The van der Waals surface area contributed by atoms with Crippen molar-refractivity contribution in [3.05, 3.63) is 70.2 Å². The second-order valence-electron chi connectivity index (χ2n) is 8.75. The van der Waals surface area contributed by atoms with Crippen LogP contribution in [0.25, 0.3) is 0 Å². The molecule has 1 unspecified atom stereocenters. The summed E-state index contributed by atoms with van der Waals surface area (Å²) in [5, 5.41) is 3.72. The average Bonchev–Trinajstić information content (AvgIpc) is 3.10. The molecular formula is C25H30ClN3O2. The fraction of sp³-hybridized carbons (Fsp3) is 0.440. The molecule has 31 heavy (non-hydrogen) atoms. The zero-order valence-corrected chi connectivity index (χ0v) is 18.8. The molecule has 0 radical (unpaired) electrons. The minimum Gasteiger partial charge on any atom is -0.345 e. The van der Waals surface area contributed by atoms with E-state index >= 15 is 0 Å². The molecule has 0 aromatic heterocycles. The Morgan fingerprint density at radius 2 is 1.84 bits per heavy atom. The van der Waals surface area contributed by atoms with Gasteiger partial charge in [0.05, 0.1) is 12.5 Å². The van der Waals surface area contributed by atoms with Crippen LogP contribution < -0.4 is 5.32 Å². The first-order valence-electron chi connectivity index (χ1n) is 11.1. The number of hydrogen-bond donors (Lipinski definition) is 1. The van der Waals surface area contributed by atoms with Crippen LogP contribution in [0.4, 0.5) is 0 Å². The Bertz CT molecular complexity index is 923. The molecule has 1 N–H and O–H groups in total. The molecule has 1 saturated heterocycles. The van der Waals surface area contributed by atoms with Crippen LogP contribution in [-0.4, -0.2) is 54.8 Å². The van der Waals surface area contributed by atoms with E-state index in [4.69, 9.17) is 11.6 Å². The molecule has 0 spiro atoms. The topological polar surface area (TPSA) is 52.6 Å². The second kappa shape index (κ2) is 9.84. The zero-order valence-electron chi connectivity index (χ0n) is 18.0. The van der Waals surface area contributed by atoms with Crippen molar-refractivity contribution in [1.82, 2.24) is 15.1 Å². The lowest BCUT2D eigenvalue weighted by atomic mass is 9.95. The normalized spacial score (nSPS) is 19.2. The molecule has 0 bridgehead atoms. The summed E-state index contributed by atoms with van der Waals surface area (Å²) in [6, 6.07) is 15.4. The van der Waals surface area contributed by atoms with Gasteiger partial charge in [-0.2, -0.15) is 0 Å². The summed E-state index contributed by atoms with van der Waals surface area (Å²) in [6.07, 6.45) is 3.58. The summed E-state index contributed by atoms with van der Waals surface area (Å²) in [7, 11) is 1.89. The summed E-state index contributed by atoms with van der Waals surface area (Å²) < 4.78 is 0. The number of likely N-dealkylation sites (tertiary alicyclic amines) is 1. The number of nitrogens with one attached hydrogen (secondary N) is 1. The summed E-state index contributed by atoms with van der Waals surface area (Å²) >= 11 is 5.96. The van der Waals surface area contributed by atoms with Gasteiger partial charge in [0.2, 0.25) is 5.91 Å². The molecule has 0 saturated carbocycles. The quantitative estimate of drug-likeness (QED) is 0.711. The molecule has 1 atom stereocenters. The van der Waals surface area contributed by atoms with Gasteiger partial charge in [-0.15, -0.1) is 0 Å². The Hall–Kier alpha value is -2.37. The van der Waals surface area contributed by atoms with Crippen LogP contribution >= 0.6 is 11.6 Å². The molecule has 164 valence electrons. The molecule has 5 nitrogen and oxygen atoms in total. The molecule has 6 heteroatoms. The summed E-state index contributed by atoms with van der Waals surface area (Å²) in [6.45, 7) is 3.99. The lowest BCUT2D eigenvalue weighted by Crippen LogP contribution is -2.40. The van der Waals surface area contributed by atoms with E-state index in [1.54, 1.807) is 0 Å². The molecule has 2 aromatic carbocycles. The number of nitrogens with zero attached hydrogens (tertiary/aromatic N) is 2. The summed E-state index contributed by atoms with van der Waals surface area (Å²) in [5.41, 5.74) is 2.94. The van der Waals surface area contributed by atoms with Crippen molar-refractivity contribution in [2.24, 2.45) is 5.92 Å². The predicted molar refractivity (Wildman–Crippen MR) is 123 cm³/mol. The number of benzene rings is 2. The van der Waals surface area contributed by atoms with Gasteiger partial charge < -0.3 is 15.1 Å². The third kappa shape index (κ3) is 5.46. The summed E-state index contributed by atoms with van der Waals surface area (Å²) in [4.78, 5) is 29.2. The molecule has 1 fully saturated rings. The number of halogens is 1. The van der Waals surface area contributed by atoms with Gasteiger partial charge >= 0.3 is 0 Å². The first-order chi connectivity index (χ1) is 15.0. The van der Waals surface area contributed by atoms with Crippen LogP contribution in [0.15, 0.2) is 48.5 Å². The highest BCUT2D eigenvalue weighted by molar-refractivity contribution is 6.30. The average molecular weight is 440 g/mol. The predicted octanol–water partition coefficient (Wildman–Crippen LogP) is 3.93. The Kier molecular flexibility index (Phi) is 6.93. The third-order valence-corrected chi connectivity index (χ3v) is 6.81. The van der Waals surface area contributed by atoms with Gasteiger partial charge in [0, 0.05) is 30.7 Å². The monoisotopic (exact) mass is 439 g/mol.